The van der Waals surface area contributed by atoms with E-state index in [1.54, 1.807) is 30.7 Å². The third-order valence-electron chi connectivity index (χ3n) is 4.56. The van der Waals surface area contributed by atoms with E-state index in [4.69, 9.17) is 12.3 Å². The standard InChI is InChI=1S/C23H18BFN4O2/c24-17-4-7-20(26-13-17)14-29(15-21-2-1-11-31-21)22-10-3-16(12-27-22)23(30)28-19-8-5-18(25)6-9-19/h1-13H,14-15H2,(H,28,30). The van der Waals surface area contributed by atoms with Crippen molar-refractivity contribution in [1.29, 1.82) is 0 Å². The van der Waals surface area contributed by atoms with Crippen molar-refractivity contribution in [2.75, 3.05) is 10.2 Å². The number of benzene rings is 1. The van der Waals surface area contributed by atoms with Gasteiger partial charge in [0, 0.05) is 18.1 Å². The zero-order chi connectivity index (χ0) is 21.6. The molecule has 0 atom stereocenters. The zero-order valence-electron chi connectivity index (χ0n) is 16.5. The lowest BCUT2D eigenvalue weighted by atomic mass is 9.99. The Morgan fingerprint density at radius 1 is 1.00 bits per heavy atom. The molecule has 0 saturated heterocycles. The number of anilines is 2. The van der Waals surface area contributed by atoms with Gasteiger partial charge >= 0.3 is 0 Å². The van der Waals surface area contributed by atoms with E-state index in [9.17, 15) is 9.18 Å². The number of hydrogen-bond acceptors (Lipinski definition) is 5. The summed E-state index contributed by atoms with van der Waals surface area (Å²) in [5, 5.41) is 2.72. The second-order valence-electron chi connectivity index (χ2n) is 6.88. The van der Waals surface area contributed by atoms with Crippen molar-refractivity contribution >= 4 is 30.7 Å². The lowest BCUT2D eigenvalue weighted by molar-refractivity contribution is 0.102. The Morgan fingerprint density at radius 2 is 1.84 bits per heavy atom. The molecule has 6 nitrogen and oxygen atoms in total. The van der Waals surface area contributed by atoms with Gasteiger partial charge in [-0.25, -0.2) is 9.37 Å². The number of furan rings is 1. The molecule has 0 spiro atoms. The number of nitrogens with one attached hydrogen (secondary N) is 1. The van der Waals surface area contributed by atoms with Gasteiger partial charge in [-0.3, -0.25) is 9.78 Å². The van der Waals surface area contributed by atoms with Crippen LogP contribution in [-0.2, 0) is 13.1 Å². The van der Waals surface area contributed by atoms with E-state index in [1.165, 1.54) is 30.5 Å². The molecule has 1 aromatic carbocycles. The number of aromatic nitrogens is 2. The Hall–Kier alpha value is -3.94. The van der Waals surface area contributed by atoms with Gasteiger partial charge in [0.05, 0.1) is 30.6 Å². The third kappa shape index (κ3) is 5.36. The molecule has 3 heterocycles. The van der Waals surface area contributed by atoms with Crippen LogP contribution in [-0.4, -0.2) is 23.7 Å². The van der Waals surface area contributed by atoms with Crippen LogP contribution in [0.25, 0.3) is 0 Å². The summed E-state index contributed by atoms with van der Waals surface area (Å²) in [7, 11) is 5.73. The van der Waals surface area contributed by atoms with Crippen molar-refractivity contribution in [2.24, 2.45) is 0 Å². The molecular formula is C23H18BFN4O2. The highest BCUT2D eigenvalue weighted by molar-refractivity contribution is 6.32. The van der Waals surface area contributed by atoms with Gasteiger partial charge in [0.15, 0.2) is 0 Å². The van der Waals surface area contributed by atoms with Crippen molar-refractivity contribution in [3.63, 3.8) is 0 Å². The van der Waals surface area contributed by atoms with Gasteiger partial charge in [-0.05, 0) is 54.6 Å². The fourth-order valence-corrected chi connectivity index (χ4v) is 2.98. The predicted octanol–water partition coefficient (Wildman–Crippen LogP) is 3.46. The van der Waals surface area contributed by atoms with Crippen LogP contribution in [0.2, 0.25) is 0 Å². The van der Waals surface area contributed by atoms with Crippen LogP contribution in [0.3, 0.4) is 0 Å². The maximum absolute atomic E-state index is 13.0. The number of hydrogen-bond donors (Lipinski definition) is 1. The monoisotopic (exact) mass is 412 g/mol. The Kier molecular flexibility index (Phi) is 6.07. The number of carbonyl (C=O) groups excluding carboxylic acids is 1. The molecule has 0 aliphatic heterocycles. The summed E-state index contributed by atoms with van der Waals surface area (Å²) in [6.45, 7) is 0.961. The first kappa shape index (κ1) is 20.3. The van der Waals surface area contributed by atoms with E-state index in [2.05, 4.69) is 15.3 Å². The predicted molar refractivity (Wildman–Crippen MR) is 117 cm³/mol. The van der Waals surface area contributed by atoms with E-state index < -0.39 is 0 Å². The first-order valence-electron chi connectivity index (χ1n) is 9.57. The molecule has 0 fully saturated rings. The van der Waals surface area contributed by atoms with E-state index >= 15 is 0 Å². The summed E-state index contributed by atoms with van der Waals surface area (Å²) in [6, 6.07) is 16.4. The zero-order valence-corrected chi connectivity index (χ0v) is 16.5. The molecule has 2 radical (unpaired) electrons. The number of carbonyl (C=O) groups is 1. The molecule has 31 heavy (non-hydrogen) atoms. The second kappa shape index (κ2) is 9.25. The highest BCUT2D eigenvalue weighted by Crippen LogP contribution is 2.19. The maximum atomic E-state index is 13.0. The van der Waals surface area contributed by atoms with Gasteiger partial charge in [0.2, 0.25) is 0 Å². The molecule has 0 saturated carbocycles. The van der Waals surface area contributed by atoms with Crippen molar-refractivity contribution in [3.8, 4) is 0 Å². The summed E-state index contributed by atoms with van der Waals surface area (Å²) in [5.74, 6) is 0.739. The summed E-state index contributed by atoms with van der Waals surface area (Å²) in [5.41, 5.74) is 2.30. The van der Waals surface area contributed by atoms with Gasteiger partial charge in [0.1, 0.15) is 25.2 Å². The van der Waals surface area contributed by atoms with Crippen LogP contribution in [0, 0.1) is 5.82 Å². The fourth-order valence-electron chi connectivity index (χ4n) is 2.98. The third-order valence-corrected chi connectivity index (χ3v) is 4.56. The molecule has 0 aliphatic carbocycles. The summed E-state index contributed by atoms with van der Waals surface area (Å²) in [6.07, 6.45) is 4.72. The molecule has 1 N–H and O–H groups in total. The number of pyridine rings is 2. The minimum Gasteiger partial charge on any atom is -0.467 e. The molecule has 1 amide bonds. The normalized spacial score (nSPS) is 10.6. The van der Waals surface area contributed by atoms with Gasteiger partial charge in [0.25, 0.3) is 5.91 Å². The quantitative estimate of drug-likeness (QED) is 0.471. The van der Waals surface area contributed by atoms with E-state index in [0.717, 1.165) is 11.5 Å². The van der Waals surface area contributed by atoms with Gasteiger partial charge in [-0.2, -0.15) is 0 Å². The van der Waals surface area contributed by atoms with Crippen molar-refractivity contribution < 1.29 is 13.6 Å². The summed E-state index contributed by atoms with van der Waals surface area (Å²) in [4.78, 5) is 23.3. The number of nitrogens with zero attached hydrogens (tertiary/aromatic N) is 3. The molecule has 4 rings (SSSR count). The highest BCUT2D eigenvalue weighted by Gasteiger charge is 2.14. The van der Waals surface area contributed by atoms with Crippen LogP contribution in [0.15, 0.2) is 83.7 Å². The Balaban J connectivity index is 1.51. The molecule has 0 bridgehead atoms. The first-order valence-corrected chi connectivity index (χ1v) is 9.57. The summed E-state index contributed by atoms with van der Waals surface area (Å²) >= 11 is 0. The molecular weight excluding hydrogens is 394 g/mol. The Labute approximate surface area is 180 Å². The fraction of sp³-hybridized carbons (Fsp3) is 0.0870. The second-order valence-corrected chi connectivity index (χ2v) is 6.88. The molecule has 152 valence electrons. The molecule has 4 aromatic rings. The minimum atomic E-state index is -0.365. The van der Waals surface area contributed by atoms with Crippen molar-refractivity contribution in [1.82, 2.24) is 9.97 Å². The minimum absolute atomic E-state index is 0.330. The van der Waals surface area contributed by atoms with Crippen molar-refractivity contribution in [2.45, 2.75) is 13.1 Å². The number of halogens is 1. The summed E-state index contributed by atoms with van der Waals surface area (Å²) < 4.78 is 18.5. The van der Waals surface area contributed by atoms with Crippen LogP contribution in [0.1, 0.15) is 21.8 Å². The smallest absolute Gasteiger partial charge is 0.257 e. The molecule has 0 aliphatic rings. The van der Waals surface area contributed by atoms with Crippen LogP contribution in [0.5, 0.6) is 0 Å². The molecule has 0 unspecified atom stereocenters. The Morgan fingerprint density at radius 3 is 2.48 bits per heavy atom. The van der Waals surface area contributed by atoms with Crippen molar-refractivity contribution in [3.05, 3.63) is 102 Å². The topological polar surface area (TPSA) is 71.3 Å². The first-order chi connectivity index (χ1) is 15.1. The van der Waals surface area contributed by atoms with Gasteiger partial charge in [-0.15, -0.1) is 0 Å². The van der Waals surface area contributed by atoms with Crippen LogP contribution in [0.4, 0.5) is 15.9 Å². The SMILES string of the molecule is [B]c1ccc(CN(Cc2ccco2)c2ccc(C(=O)Nc3ccc(F)cc3)cn2)nc1. The highest BCUT2D eigenvalue weighted by atomic mass is 19.1. The average molecular weight is 412 g/mol. The number of rotatable bonds is 7. The average Bonchev–Trinajstić information content (AvgIpc) is 3.30. The maximum Gasteiger partial charge on any atom is 0.257 e. The van der Waals surface area contributed by atoms with Gasteiger partial charge in [-0.1, -0.05) is 11.5 Å². The van der Waals surface area contributed by atoms with E-state index in [0.29, 0.717) is 35.6 Å². The van der Waals surface area contributed by atoms with Crippen LogP contribution < -0.4 is 15.7 Å². The number of amides is 1. The molecule has 8 heteroatoms. The van der Waals surface area contributed by atoms with E-state index in [-0.39, 0.29) is 11.7 Å². The molecule has 3 aromatic heterocycles. The van der Waals surface area contributed by atoms with Crippen LogP contribution >= 0.6 is 0 Å². The van der Waals surface area contributed by atoms with E-state index in [1.807, 2.05) is 23.1 Å². The largest absolute Gasteiger partial charge is 0.467 e. The lowest BCUT2D eigenvalue weighted by Crippen LogP contribution is -2.24. The Bertz CT molecular complexity index is 1130. The lowest BCUT2D eigenvalue weighted by Gasteiger charge is -2.22. The van der Waals surface area contributed by atoms with Gasteiger partial charge < -0.3 is 14.6 Å².